The zero-order valence-corrected chi connectivity index (χ0v) is 12.5. The van der Waals surface area contributed by atoms with Crippen LogP contribution in [0.5, 0.6) is 0 Å². The lowest BCUT2D eigenvalue weighted by Crippen LogP contribution is -2.40. The molecule has 0 aliphatic rings. The highest BCUT2D eigenvalue weighted by Crippen LogP contribution is 2.36. The molecule has 0 aliphatic heterocycles. The van der Waals surface area contributed by atoms with Gasteiger partial charge in [0, 0.05) is 29.0 Å². The van der Waals surface area contributed by atoms with Crippen LogP contribution < -0.4 is 0 Å². The fraction of sp³-hybridized carbons (Fsp3) is 0.818. The van der Waals surface area contributed by atoms with E-state index < -0.39 is 8.32 Å². The Labute approximate surface area is 97.9 Å². The van der Waals surface area contributed by atoms with E-state index in [1.165, 1.54) is 0 Å². The van der Waals surface area contributed by atoms with Crippen LogP contribution in [0.4, 0.5) is 0 Å². The average Bonchev–Trinajstić information content (AvgIpc) is 2.02. The quantitative estimate of drug-likeness (QED) is 0.426. The molecule has 0 aromatic carbocycles. The monoisotopic (exact) mass is 276 g/mol. The van der Waals surface area contributed by atoms with Crippen LogP contribution in [0.25, 0.3) is 0 Å². The molecule has 0 fully saturated rings. The highest BCUT2D eigenvalue weighted by molar-refractivity contribution is 9.12. The number of halogens is 1. The Morgan fingerprint density at radius 2 is 1.86 bits per heavy atom. The predicted molar refractivity (Wildman–Crippen MR) is 69.1 cm³/mol. The molecular weight excluding hydrogens is 256 g/mol. The van der Waals surface area contributed by atoms with Crippen LogP contribution in [0.1, 0.15) is 33.6 Å². The van der Waals surface area contributed by atoms with Crippen molar-refractivity contribution in [1.82, 2.24) is 0 Å². The van der Waals surface area contributed by atoms with E-state index >= 15 is 0 Å². The van der Waals surface area contributed by atoms with Gasteiger partial charge in [0.2, 0.25) is 0 Å². The lowest BCUT2D eigenvalue weighted by molar-refractivity contribution is 0.284. The number of rotatable bonds is 4. The van der Waals surface area contributed by atoms with Gasteiger partial charge in [0.05, 0.1) is 0 Å². The van der Waals surface area contributed by atoms with Crippen molar-refractivity contribution in [3.8, 4) is 10.8 Å². The van der Waals surface area contributed by atoms with Gasteiger partial charge < -0.3 is 4.43 Å². The fourth-order valence-electron chi connectivity index (χ4n) is 0.752. The maximum atomic E-state index is 6.00. The SMILES string of the molecule is CC(C)(C)[Si](C)(C)OCCCC#CBr. The summed E-state index contributed by atoms with van der Waals surface area (Å²) in [5, 5.41) is 0.314. The molecule has 0 bridgehead atoms. The first kappa shape index (κ1) is 14.2. The van der Waals surface area contributed by atoms with E-state index in [2.05, 4.69) is 60.5 Å². The molecule has 3 heteroatoms. The summed E-state index contributed by atoms with van der Waals surface area (Å²) in [6.07, 6.45) is 1.95. The first-order valence-electron chi connectivity index (χ1n) is 5.04. The lowest BCUT2D eigenvalue weighted by atomic mass is 10.2. The minimum Gasteiger partial charge on any atom is -0.417 e. The molecule has 0 radical (unpaired) electrons. The van der Waals surface area contributed by atoms with Gasteiger partial charge in [-0.2, -0.15) is 0 Å². The second kappa shape index (κ2) is 5.94. The molecule has 0 spiro atoms. The first-order chi connectivity index (χ1) is 6.31. The van der Waals surface area contributed by atoms with Crippen LogP contribution in [0.2, 0.25) is 18.1 Å². The van der Waals surface area contributed by atoms with Gasteiger partial charge in [0.15, 0.2) is 8.32 Å². The van der Waals surface area contributed by atoms with Crippen molar-refractivity contribution in [2.75, 3.05) is 6.61 Å². The molecule has 0 heterocycles. The van der Waals surface area contributed by atoms with E-state index in [1.807, 2.05) is 0 Å². The number of hydrogen-bond donors (Lipinski definition) is 0. The zero-order chi connectivity index (χ0) is 11.2. The third-order valence-electron chi connectivity index (χ3n) is 2.78. The van der Waals surface area contributed by atoms with E-state index in [4.69, 9.17) is 4.43 Å². The van der Waals surface area contributed by atoms with E-state index in [0.717, 1.165) is 19.4 Å². The second-order valence-corrected chi connectivity index (χ2v) is 10.2. The molecule has 14 heavy (non-hydrogen) atoms. The number of hydrogen-bond acceptors (Lipinski definition) is 1. The minimum atomic E-state index is -1.52. The Balaban J connectivity index is 3.81. The molecule has 0 saturated heterocycles. The largest absolute Gasteiger partial charge is 0.417 e. The van der Waals surface area contributed by atoms with Crippen molar-refractivity contribution < 1.29 is 4.43 Å². The topological polar surface area (TPSA) is 9.23 Å². The summed E-state index contributed by atoms with van der Waals surface area (Å²) >= 11 is 3.08. The highest BCUT2D eigenvalue weighted by Gasteiger charge is 2.36. The van der Waals surface area contributed by atoms with Gasteiger partial charge in [-0.3, -0.25) is 0 Å². The van der Waals surface area contributed by atoms with Crippen LogP contribution in [-0.2, 0) is 4.43 Å². The van der Waals surface area contributed by atoms with Crippen LogP contribution in [0, 0.1) is 10.8 Å². The maximum Gasteiger partial charge on any atom is 0.191 e. The van der Waals surface area contributed by atoms with E-state index in [0.29, 0.717) is 5.04 Å². The van der Waals surface area contributed by atoms with Crippen molar-refractivity contribution in [2.24, 2.45) is 0 Å². The standard InChI is InChI=1S/C11H21BrOSi/c1-11(2,3)14(4,5)13-10-8-6-7-9-12/h6,8,10H2,1-5H3. The van der Waals surface area contributed by atoms with Crippen LogP contribution in [0.15, 0.2) is 0 Å². The summed E-state index contributed by atoms with van der Waals surface area (Å²) in [6, 6.07) is 0. The van der Waals surface area contributed by atoms with E-state index in [-0.39, 0.29) is 0 Å². The summed E-state index contributed by atoms with van der Waals surface area (Å²) in [5.41, 5.74) is 0. The molecule has 0 unspecified atom stereocenters. The van der Waals surface area contributed by atoms with Gasteiger partial charge >= 0.3 is 0 Å². The van der Waals surface area contributed by atoms with Gasteiger partial charge in [-0.05, 0) is 29.4 Å². The molecule has 0 aromatic rings. The average molecular weight is 277 g/mol. The molecule has 0 amide bonds. The van der Waals surface area contributed by atoms with Crippen molar-refractivity contribution in [3.05, 3.63) is 0 Å². The number of unbranched alkanes of at least 4 members (excludes halogenated alkanes) is 1. The van der Waals surface area contributed by atoms with Gasteiger partial charge in [-0.15, -0.1) is 0 Å². The lowest BCUT2D eigenvalue weighted by Gasteiger charge is -2.36. The van der Waals surface area contributed by atoms with Crippen LogP contribution >= 0.6 is 15.9 Å². The van der Waals surface area contributed by atoms with E-state index in [9.17, 15) is 0 Å². The normalized spacial score (nSPS) is 12.1. The van der Waals surface area contributed by atoms with Gasteiger partial charge in [-0.1, -0.05) is 26.7 Å². The molecular formula is C11H21BrOSi. The Morgan fingerprint density at radius 3 is 2.29 bits per heavy atom. The predicted octanol–water partition coefficient (Wildman–Crippen LogP) is 4.14. The van der Waals surface area contributed by atoms with Crippen molar-refractivity contribution in [1.29, 1.82) is 0 Å². The van der Waals surface area contributed by atoms with E-state index in [1.54, 1.807) is 0 Å². The first-order valence-corrected chi connectivity index (χ1v) is 8.74. The minimum absolute atomic E-state index is 0.314. The van der Waals surface area contributed by atoms with Crippen molar-refractivity contribution in [2.45, 2.75) is 51.7 Å². The zero-order valence-electron chi connectivity index (χ0n) is 9.91. The van der Waals surface area contributed by atoms with Crippen molar-refractivity contribution >= 4 is 24.2 Å². The van der Waals surface area contributed by atoms with Gasteiger partial charge in [0.1, 0.15) is 0 Å². The molecule has 0 N–H and O–H groups in total. The summed E-state index contributed by atoms with van der Waals surface area (Å²) in [4.78, 5) is 2.71. The Morgan fingerprint density at radius 1 is 1.29 bits per heavy atom. The van der Waals surface area contributed by atoms with Gasteiger partial charge in [0.25, 0.3) is 0 Å². The molecule has 0 rings (SSSR count). The van der Waals surface area contributed by atoms with Gasteiger partial charge in [-0.25, -0.2) is 0 Å². The summed E-state index contributed by atoms with van der Waals surface area (Å²) in [7, 11) is -1.52. The summed E-state index contributed by atoms with van der Waals surface area (Å²) < 4.78 is 6.00. The highest BCUT2D eigenvalue weighted by atomic mass is 79.9. The third-order valence-corrected chi connectivity index (χ3v) is 7.60. The van der Waals surface area contributed by atoms with Crippen LogP contribution in [-0.4, -0.2) is 14.9 Å². The Bertz CT molecular complexity index is 220. The second-order valence-electron chi connectivity index (χ2n) is 4.98. The summed E-state index contributed by atoms with van der Waals surface area (Å²) in [6.45, 7) is 12.2. The fourth-order valence-corrected chi connectivity index (χ4v) is 2.04. The smallest absolute Gasteiger partial charge is 0.191 e. The maximum absolute atomic E-state index is 6.00. The molecule has 82 valence electrons. The molecule has 0 aromatic heterocycles. The molecule has 0 saturated carbocycles. The molecule has 0 atom stereocenters. The van der Waals surface area contributed by atoms with Crippen LogP contribution in [0.3, 0.4) is 0 Å². The molecule has 0 aliphatic carbocycles. The Kier molecular flexibility index (Phi) is 6.04. The van der Waals surface area contributed by atoms with Crippen molar-refractivity contribution in [3.63, 3.8) is 0 Å². The Hall–Kier alpha value is 0.217. The third kappa shape index (κ3) is 5.19. The summed E-state index contributed by atoms with van der Waals surface area (Å²) in [5.74, 6) is 2.98. The molecule has 1 nitrogen and oxygen atoms in total.